The highest BCUT2D eigenvalue weighted by Gasteiger charge is 2.68. The first-order valence-electron chi connectivity index (χ1n) is 55.7. The normalized spacial score (nSPS) is 42.4. The van der Waals surface area contributed by atoms with E-state index < -0.39 is 11.2 Å². The molecule has 0 heterocycles. The second-order valence-electron chi connectivity index (χ2n) is 50.3. The monoisotopic (exact) mass is 2060 g/mol. The fraction of sp³-hybridized carbons (Fsp3) is 0.756. The van der Waals surface area contributed by atoms with Gasteiger partial charge in [0.25, 0.3) is 0 Å². The second kappa shape index (κ2) is 45.7. The molecule has 0 spiro atoms. The summed E-state index contributed by atoms with van der Waals surface area (Å²) in [6, 6.07) is 0. The van der Waals surface area contributed by atoms with E-state index >= 15 is 0 Å². The van der Waals surface area contributed by atoms with E-state index in [-0.39, 0.29) is 157 Å². The largest absolute Gasteiger partial charge is 0.466 e. The van der Waals surface area contributed by atoms with Gasteiger partial charge in [0.1, 0.15) is 72.7 Å². The van der Waals surface area contributed by atoms with Crippen LogP contribution in [-0.2, 0) is 124 Å². The summed E-state index contributed by atoms with van der Waals surface area (Å²) >= 11 is 0. The van der Waals surface area contributed by atoms with E-state index in [1.807, 2.05) is 0 Å². The summed E-state index contributed by atoms with van der Waals surface area (Å²) in [5.41, 5.74) is 2.76. The molecule has 42 unspecified atom stereocenters. The molecule has 24 aliphatic carbocycles. The first-order chi connectivity index (χ1) is 69.8. The number of esters is 13. The highest BCUT2D eigenvalue weighted by atomic mass is 16.6. The average molecular weight is 2060 g/mol. The zero-order chi connectivity index (χ0) is 107. The van der Waals surface area contributed by atoms with Gasteiger partial charge >= 0.3 is 77.6 Å². The Bertz CT molecular complexity index is 5130. The molecule has 0 aliphatic heterocycles. The van der Waals surface area contributed by atoms with Gasteiger partial charge in [-0.3, -0.25) is 24.0 Å². The second-order valence-corrected chi connectivity index (χ2v) is 50.3. The summed E-state index contributed by atoms with van der Waals surface area (Å²) in [5, 5.41) is 30.1. The van der Waals surface area contributed by atoms with Crippen molar-refractivity contribution < 1.29 is 139 Å². The van der Waals surface area contributed by atoms with Crippen LogP contribution in [0.5, 0.6) is 0 Å². The van der Waals surface area contributed by atoms with Crippen LogP contribution in [0.15, 0.2) is 97.2 Å². The number of hydrogen-bond donors (Lipinski definition) is 3. The van der Waals surface area contributed by atoms with Gasteiger partial charge in [0.05, 0.1) is 24.4 Å². The van der Waals surface area contributed by atoms with E-state index in [1.54, 1.807) is 55.4 Å². The van der Waals surface area contributed by atoms with Gasteiger partial charge in [0, 0.05) is 97.5 Å². The van der Waals surface area contributed by atoms with E-state index in [1.165, 1.54) is 60.3 Å². The third-order valence-corrected chi connectivity index (χ3v) is 39.6. The van der Waals surface area contributed by atoms with Crippen molar-refractivity contribution in [3.63, 3.8) is 0 Å². The summed E-state index contributed by atoms with van der Waals surface area (Å²) in [6.45, 7) is 50.3. The van der Waals surface area contributed by atoms with Gasteiger partial charge in [0.15, 0.2) is 0 Å². The lowest BCUT2D eigenvalue weighted by Gasteiger charge is -2.59. The van der Waals surface area contributed by atoms with Gasteiger partial charge in [0.2, 0.25) is 0 Å². The van der Waals surface area contributed by atoms with Gasteiger partial charge in [-0.2, -0.15) is 0 Å². The van der Waals surface area contributed by atoms with Crippen molar-refractivity contribution >= 4 is 77.6 Å². The van der Waals surface area contributed by atoms with E-state index in [0.29, 0.717) is 229 Å². The molecular formula is C119H166O29. The highest BCUT2D eigenvalue weighted by molar-refractivity contribution is 5.90. The Balaban J connectivity index is 0.000000121. The number of rotatable bonds is 22. The molecule has 0 aromatic rings. The number of ether oxygens (including phenoxy) is 13. The predicted molar refractivity (Wildman–Crippen MR) is 541 cm³/mol. The number of aliphatic hydroxyl groups excluding tert-OH is 2. The van der Waals surface area contributed by atoms with Crippen LogP contribution in [0.4, 0.5) is 0 Å². The molecule has 0 aromatic carbocycles. The molecule has 29 nitrogen and oxygen atoms in total. The van der Waals surface area contributed by atoms with Gasteiger partial charge in [-0.1, -0.05) is 52.6 Å². The molecule has 42 atom stereocenters. The van der Waals surface area contributed by atoms with Crippen LogP contribution in [0.1, 0.15) is 295 Å². The lowest BCUT2D eigenvalue weighted by atomic mass is 9.52. The van der Waals surface area contributed by atoms with Gasteiger partial charge in [-0.15, -0.1) is 0 Å². The summed E-state index contributed by atoms with van der Waals surface area (Å²) in [6.07, 6.45) is 32.2. The minimum Gasteiger partial charge on any atom is -0.466 e. The molecule has 148 heavy (non-hydrogen) atoms. The van der Waals surface area contributed by atoms with Crippen LogP contribution in [0.3, 0.4) is 0 Å². The van der Waals surface area contributed by atoms with Crippen molar-refractivity contribution in [1.29, 1.82) is 0 Å². The molecule has 24 fully saturated rings. The molecule has 0 amide bonds. The van der Waals surface area contributed by atoms with Crippen LogP contribution in [0.2, 0.25) is 0 Å². The quantitative estimate of drug-likeness (QED) is 0.0392. The lowest BCUT2D eigenvalue weighted by Crippen LogP contribution is -2.60. The third kappa shape index (κ3) is 24.6. The SMILES string of the molecule is C=C(C)C(=O)OC12CC3CC(CC(O)(C3)C1)C2.C=C(C)C(=O)OC1CC2CC1C1C3CC(OC(C)=O)C(C3)C21.C=C(C)C(=O)OC1CC2CC1C1CC(O)CC21.C=C(C)C(=O)OC1CC2CC1C1CC(OC(C)=O)CC21.C=C(C)C(=O)OC1CC2CC1CC2COC(C)=O.C=C(C)C(=O)OC1CC2CC1CC2OC(C)=O.C=C(C)C(=O)OC1CCC2C3CC(CC3O)C12.C=C(C)C(=O)OC1CCC2C3CC(CC3OC(C)=O)C12. The molecule has 0 radical (unpaired) electrons. The van der Waals surface area contributed by atoms with Crippen molar-refractivity contribution in [1.82, 2.24) is 0 Å². The third-order valence-electron chi connectivity index (χ3n) is 39.6. The van der Waals surface area contributed by atoms with Crippen molar-refractivity contribution in [2.24, 2.45) is 172 Å². The molecule has 24 rings (SSSR count). The van der Waals surface area contributed by atoms with E-state index in [0.717, 1.165) is 173 Å². The average Bonchev–Trinajstić information content (AvgIpc) is 1.51. The number of hydrogen-bond acceptors (Lipinski definition) is 29. The van der Waals surface area contributed by atoms with Crippen molar-refractivity contribution in [3.05, 3.63) is 97.2 Å². The van der Waals surface area contributed by atoms with Crippen molar-refractivity contribution in [2.75, 3.05) is 6.61 Å². The topological polar surface area (TPSA) is 403 Å². The van der Waals surface area contributed by atoms with E-state index in [9.17, 15) is 77.6 Å². The summed E-state index contributed by atoms with van der Waals surface area (Å²) in [5.74, 6) is 12.7. The summed E-state index contributed by atoms with van der Waals surface area (Å²) in [7, 11) is 0. The van der Waals surface area contributed by atoms with Crippen molar-refractivity contribution in [3.8, 4) is 0 Å². The number of fused-ring (bicyclic) bond motifs is 33. The number of carbonyl (C=O) groups excluding carboxylic acids is 13. The maximum atomic E-state index is 11.8. The van der Waals surface area contributed by atoms with Crippen LogP contribution < -0.4 is 0 Å². The Morgan fingerprint density at radius 1 is 0.250 bits per heavy atom. The Morgan fingerprint density at radius 2 is 0.561 bits per heavy atom. The fourth-order valence-electron chi connectivity index (χ4n) is 35.0. The fourth-order valence-corrected chi connectivity index (χ4v) is 35.0. The maximum absolute atomic E-state index is 11.8. The van der Waals surface area contributed by atoms with Gasteiger partial charge < -0.3 is 76.9 Å². The van der Waals surface area contributed by atoms with Gasteiger partial charge in [-0.05, 0) is 414 Å². The molecular weight excluding hydrogens is 1890 g/mol. The first-order valence-corrected chi connectivity index (χ1v) is 55.7. The molecule has 24 aliphatic rings. The molecule has 24 saturated carbocycles. The molecule has 816 valence electrons. The summed E-state index contributed by atoms with van der Waals surface area (Å²) in [4.78, 5) is 148. The standard InChI is InChI=1S/C18H24O4.2C16H22O4.C14H20O4.3C14H20O3.C13H18O4/c1-8(2)18(20)22-15-7-11-5-13(15)17-10-4-12(16(11)17)14(6-10)21-9(3)19;1-8(2)16(18)20-15-5-10-4-14(15)13-7-11(6-12(10)13)19-9(3)17;1-8(2)16(18)20-13-5-4-11-12-6-10(15(11)13)7-14(12)19-9(3)17;1-8(2)14(16)18-13-6-10-4-11(13)5-12(10)7-17-9(3)15;1-9(2)12(15)17-14-6-10-3-11(7-14)5-13(16,4-10)8-14;1-7(2)14(16)17-13-4-8-3-12(13)11-6-9(15)5-10(8)11;1-7(2)14(16)17-12-4-3-9-10-5-8(13(9)12)6-11(10)15;1-7(2)13(15)17-12-6-9-4-10(12)5-11(9)16-8(3)14/h10-17H,1,4-7H2,2-3H3;2*10-15H,1,4-7H2,2-3H3;10-13H,1,4-7H2,2-3H3;10-11,16H,1,3-8H2,2H3;2*8-13,15H,1,3-6H2,2H3;9-12H,1,4-6H2,2-3H3. The van der Waals surface area contributed by atoms with Crippen LogP contribution in [0, 0.1) is 172 Å². The predicted octanol–water partition coefficient (Wildman–Crippen LogP) is 17.6. The molecule has 29 heteroatoms. The van der Waals surface area contributed by atoms with Crippen molar-refractivity contribution in [2.45, 2.75) is 386 Å². The number of aliphatic hydroxyl groups is 3. The molecule has 0 saturated heterocycles. The number of carbonyl (C=O) groups is 13. The zero-order valence-corrected chi connectivity index (χ0v) is 89.7. The molecule has 20 bridgehead atoms. The van der Waals surface area contributed by atoms with Crippen LogP contribution in [-0.4, -0.2) is 190 Å². The Morgan fingerprint density at radius 3 is 0.980 bits per heavy atom. The minimum atomic E-state index is -0.570. The Hall–Kier alpha value is -9.09. The van der Waals surface area contributed by atoms with Crippen LogP contribution >= 0.6 is 0 Å². The lowest BCUT2D eigenvalue weighted by molar-refractivity contribution is -0.217. The van der Waals surface area contributed by atoms with Crippen LogP contribution in [0.25, 0.3) is 0 Å². The van der Waals surface area contributed by atoms with E-state index in [2.05, 4.69) is 52.6 Å². The zero-order valence-electron chi connectivity index (χ0n) is 89.7. The Labute approximate surface area is 873 Å². The molecule has 0 aromatic heterocycles. The maximum Gasteiger partial charge on any atom is 0.333 e. The first kappa shape index (κ1) is 112. The Kier molecular flexibility index (Phi) is 34.4. The minimum absolute atomic E-state index is 0.0176. The smallest absolute Gasteiger partial charge is 0.333 e. The highest BCUT2D eigenvalue weighted by Crippen LogP contribution is 2.70. The van der Waals surface area contributed by atoms with E-state index in [4.69, 9.17) is 61.6 Å². The summed E-state index contributed by atoms with van der Waals surface area (Å²) < 4.78 is 71.1. The molecule has 3 N–H and O–H groups in total. The van der Waals surface area contributed by atoms with Gasteiger partial charge in [-0.25, -0.2) is 38.4 Å².